The maximum absolute atomic E-state index is 12.9. The molecule has 0 bridgehead atoms. The van der Waals surface area contributed by atoms with Crippen molar-refractivity contribution in [2.45, 2.75) is 13.0 Å². The molecule has 4 rings (SSSR count). The molecule has 1 unspecified atom stereocenters. The maximum atomic E-state index is 12.9. The molecule has 0 aliphatic heterocycles. The number of ether oxygens (including phenoxy) is 2. The molecule has 0 radical (unpaired) electrons. The van der Waals surface area contributed by atoms with Crippen molar-refractivity contribution < 1.29 is 19.1 Å². The van der Waals surface area contributed by atoms with Gasteiger partial charge >= 0.3 is 5.97 Å². The van der Waals surface area contributed by atoms with Crippen LogP contribution in [0.5, 0.6) is 5.75 Å². The Balaban J connectivity index is 1.53. The van der Waals surface area contributed by atoms with Crippen LogP contribution in [0.1, 0.15) is 17.3 Å². The van der Waals surface area contributed by atoms with E-state index < -0.39 is 18.0 Å². The summed E-state index contributed by atoms with van der Waals surface area (Å²) >= 11 is 1.50. The summed E-state index contributed by atoms with van der Waals surface area (Å²) in [5.74, 6) is -0.511. The smallest absolute Gasteiger partial charge is 0.339 e. The van der Waals surface area contributed by atoms with Crippen LogP contribution in [0.25, 0.3) is 20.8 Å². The highest BCUT2D eigenvalue weighted by atomic mass is 32.1. The van der Waals surface area contributed by atoms with Crippen LogP contribution in [0.4, 0.5) is 5.69 Å². The number of benzene rings is 3. The van der Waals surface area contributed by atoms with Crippen LogP contribution < -0.4 is 10.1 Å². The van der Waals surface area contributed by atoms with Gasteiger partial charge in [0.05, 0.1) is 28.6 Å². The monoisotopic (exact) mass is 432 g/mol. The standard InChI is InChI=1S/C24H20N2O4S/c1-15(22(27)25-18-11-5-7-13-20(18)29-2)30-24(28)17-10-4-3-9-16(17)23-26-19-12-6-8-14-21(19)31-23/h3-15H,1-2H3,(H,25,27). The van der Waals surface area contributed by atoms with Crippen molar-refractivity contribution in [3.8, 4) is 16.3 Å². The SMILES string of the molecule is COc1ccccc1NC(=O)C(C)OC(=O)c1ccccc1-c1nc2ccccc2s1. The molecule has 0 saturated heterocycles. The molecule has 1 heterocycles. The molecule has 6 nitrogen and oxygen atoms in total. The first-order valence-corrected chi connectivity index (χ1v) is 10.5. The highest BCUT2D eigenvalue weighted by Crippen LogP contribution is 2.32. The molecule has 0 aliphatic rings. The highest BCUT2D eigenvalue weighted by molar-refractivity contribution is 7.21. The minimum absolute atomic E-state index is 0.360. The zero-order valence-electron chi connectivity index (χ0n) is 17.0. The van der Waals surface area contributed by atoms with E-state index in [-0.39, 0.29) is 0 Å². The third-order valence-electron chi connectivity index (χ3n) is 4.69. The molecule has 1 N–H and O–H groups in total. The number of aromatic nitrogens is 1. The summed E-state index contributed by atoms with van der Waals surface area (Å²) in [7, 11) is 1.52. The van der Waals surface area contributed by atoms with Crippen LogP contribution in [-0.4, -0.2) is 30.1 Å². The molecular formula is C24H20N2O4S. The number of nitrogens with zero attached hydrogens (tertiary/aromatic N) is 1. The number of carbonyl (C=O) groups excluding carboxylic acids is 2. The van der Waals surface area contributed by atoms with E-state index in [1.165, 1.54) is 25.4 Å². The number of anilines is 1. The van der Waals surface area contributed by atoms with Crippen LogP contribution >= 0.6 is 11.3 Å². The molecule has 0 fully saturated rings. The minimum Gasteiger partial charge on any atom is -0.495 e. The van der Waals surface area contributed by atoms with Gasteiger partial charge in [0, 0.05) is 5.56 Å². The van der Waals surface area contributed by atoms with Gasteiger partial charge in [-0.3, -0.25) is 4.79 Å². The number of carbonyl (C=O) groups is 2. The highest BCUT2D eigenvalue weighted by Gasteiger charge is 2.23. The number of amides is 1. The van der Waals surface area contributed by atoms with E-state index in [4.69, 9.17) is 9.47 Å². The maximum Gasteiger partial charge on any atom is 0.339 e. The van der Waals surface area contributed by atoms with E-state index >= 15 is 0 Å². The summed E-state index contributed by atoms with van der Waals surface area (Å²) < 4.78 is 11.7. The lowest BCUT2D eigenvalue weighted by atomic mass is 10.1. The molecule has 4 aromatic rings. The Morgan fingerprint density at radius 2 is 1.68 bits per heavy atom. The van der Waals surface area contributed by atoms with Gasteiger partial charge in [-0.25, -0.2) is 9.78 Å². The molecule has 156 valence electrons. The van der Waals surface area contributed by atoms with E-state index in [1.807, 2.05) is 36.4 Å². The predicted molar refractivity (Wildman–Crippen MR) is 122 cm³/mol. The fourth-order valence-corrected chi connectivity index (χ4v) is 4.10. The number of fused-ring (bicyclic) bond motifs is 1. The van der Waals surface area contributed by atoms with Crippen molar-refractivity contribution in [2.24, 2.45) is 0 Å². The van der Waals surface area contributed by atoms with Crippen molar-refractivity contribution in [3.05, 3.63) is 78.4 Å². The summed E-state index contributed by atoms with van der Waals surface area (Å²) in [4.78, 5) is 30.1. The first kappa shape index (κ1) is 20.6. The summed E-state index contributed by atoms with van der Waals surface area (Å²) in [6, 6.07) is 21.9. The molecule has 3 aromatic carbocycles. The lowest BCUT2D eigenvalue weighted by Crippen LogP contribution is -2.30. The van der Waals surface area contributed by atoms with Gasteiger partial charge in [0.15, 0.2) is 6.10 Å². The predicted octanol–water partition coefficient (Wildman–Crippen LogP) is 5.16. The number of esters is 1. The van der Waals surface area contributed by atoms with Crippen LogP contribution in [0.15, 0.2) is 72.8 Å². The van der Waals surface area contributed by atoms with Crippen molar-refractivity contribution >= 4 is 39.1 Å². The third kappa shape index (κ3) is 4.41. The second kappa shape index (κ2) is 8.97. The lowest BCUT2D eigenvalue weighted by molar-refractivity contribution is -0.123. The van der Waals surface area contributed by atoms with Crippen LogP contribution in [-0.2, 0) is 9.53 Å². The Morgan fingerprint density at radius 1 is 0.968 bits per heavy atom. The van der Waals surface area contributed by atoms with E-state index in [1.54, 1.807) is 36.4 Å². The van der Waals surface area contributed by atoms with Crippen molar-refractivity contribution in [3.63, 3.8) is 0 Å². The zero-order chi connectivity index (χ0) is 21.8. The lowest BCUT2D eigenvalue weighted by Gasteiger charge is -2.16. The molecule has 1 atom stereocenters. The normalized spacial score (nSPS) is 11.7. The zero-order valence-corrected chi connectivity index (χ0v) is 17.8. The molecule has 0 aliphatic carbocycles. The first-order valence-electron chi connectivity index (χ1n) is 9.66. The Labute approximate surface area is 183 Å². The van der Waals surface area contributed by atoms with Gasteiger partial charge in [-0.2, -0.15) is 0 Å². The quantitative estimate of drug-likeness (QED) is 0.426. The Hall–Kier alpha value is -3.71. The van der Waals surface area contributed by atoms with Gasteiger partial charge in [-0.1, -0.05) is 42.5 Å². The van der Waals surface area contributed by atoms with Crippen LogP contribution in [0.3, 0.4) is 0 Å². The van der Waals surface area contributed by atoms with Gasteiger partial charge in [-0.05, 0) is 37.3 Å². The molecule has 1 aromatic heterocycles. The van der Waals surface area contributed by atoms with Gasteiger partial charge in [0.1, 0.15) is 10.8 Å². The number of thiazole rings is 1. The largest absolute Gasteiger partial charge is 0.495 e. The summed E-state index contributed by atoms with van der Waals surface area (Å²) in [6.45, 7) is 1.53. The summed E-state index contributed by atoms with van der Waals surface area (Å²) in [5, 5.41) is 3.45. The number of hydrogen-bond donors (Lipinski definition) is 1. The first-order chi connectivity index (χ1) is 15.1. The Kier molecular flexibility index (Phi) is 5.95. The third-order valence-corrected chi connectivity index (χ3v) is 5.76. The number of methoxy groups -OCH3 is 1. The van der Waals surface area contributed by atoms with Gasteiger partial charge in [-0.15, -0.1) is 11.3 Å². The van der Waals surface area contributed by atoms with E-state index in [2.05, 4.69) is 10.3 Å². The topological polar surface area (TPSA) is 77.5 Å². The fourth-order valence-electron chi connectivity index (χ4n) is 3.09. The molecule has 0 spiro atoms. The molecule has 7 heteroatoms. The molecular weight excluding hydrogens is 412 g/mol. The number of rotatable bonds is 6. The van der Waals surface area contributed by atoms with Crippen LogP contribution in [0, 0.1) is 0 Å². The Bertz CT molecular complexity index is 1220. The van der Waals surface area contributed by atoms with E-state index in [9.17, 15) is 9.59 Å². The van der Waals surface area contributed by atoms with E-state index in [0.717, 1.165) is 15.2 Å². The van der Waals surface area contributed by atoms with Gasteiger partial charge < -0.3 is 14.8 Å². The van der Waals surface area contributed by atoms with Crippen molar-refractivity contribution in [2.75, 3.05) is 12.4 Å². The minimum atomic E-state index is -0.999. The van der Waals surface area contributed by atoms with Gasteiger partial charge in [0.2, 0.25) is 0 Å². The summed E-state index contributed by atoms with van der Waals surface area (Å²) in [6.07, 6.45) is -0.999. The number of para-hydroxylation sites is 3. The molecule has 0 saturated carbocycles. The van der Waals surface area contributed by atoms with E-state index in [0.29, 0.717) is 22.6 Å². The van der Waals surface area contributed by atoms with Crippen molar-refractivity contribution in [1.29, 1.82) is 0 Å². The van der Waals surface area contributed by atoms with Gasteiger partial charge in [0.25, 0.3) is 5.91 Å². The van der Waals surface area contributed by atoms with Crippen LogP contribution in [0.2, 0.25) is 0 Å². The second-order valence-electron chi connectivity index (χ2n) is 6.77. The summed E-state index contributed by atoms with van der Waals surface area (Å²) in [5.41, 5.74) is 2.41. The fraction of sp³-hybridized carbons (Fsp3) is 0.125. The van der Waals surface area contributed by atoms with Crippen molar-refractivity contribution in [1.82, 2.24) is 4.98 Å². The second-order valence-corrected chi connectivity index (χ2v) is 7.80. The number of hydrogen-bond acceptors (Lipinski definition) is 6. The Morgan fingerprint density at radius 3 is 2.48 bits per heavy atom. The number of nitrogens with one attached hydrogen (secondary N) is 1. The molecule has 1 amide bonds. The average Bonchev–Trinajstić information content (AvgIpc) is 3.23. The average molecular weight is 433 g/mol. The molecule has 31 heavy (non-hydrogen) atoms.